The highest BCUT2D eigenvalue weighted by Crippen LogP contribution is 2.10. The van der Waals surface area contributed by atoms with Gasteiger partial charge in [-0.2, -0.15) is 12.6 Å². The Morgan fingerprint density at radius 3 is 2.17 bits per heavy atom. The number of carbonyl (C=O) groups excluding carboxylic acids is 2. The maximum Gasteiger partial charge on any atom is 0.216 e. The Balaban J connectivity index is 3.54. The van der Waals surface area contributed by atoms with E-state index in [2.05, 4.69) is 30.6 Å². The molecule has 1 atom stereocenters. The summed E-state index contributed by atoms with van der Waals surface area (Å²) in [5, 5.41) is 2.16. The summed E-state index contributed by atoms with van der Waals surface area (Å²) in [5.74, 6) is -0.130. The molecule has 24 heavy (non-hydrogen) atoms. The molecule has 0 radical (unpaired) electrons. The van der Waals surface area contributed by atoms with E-state index >= 15 is 0 Å². The third-order valence-corrected chi connectivity index (χ3v) is 4.38. The molecular weight excluding hydrogens is 318 g/mol. The molecule has 0 unspecified atom stereocenters. The number of unbranched alkanes of at least 4 members (excludes halogenated alkanes) is 9. The van der Waals surface area contributed by atoms with Crippen molar-refractivity contribution in [1.29, 1.82) is 0 Å². The van der Waals surface area contributed by atoms with E-state index in [1.54, 1.807) is 6.08 Å². The zero-order valence-corrected chi connectivity index (χ0v) is 16.4. The lowest BCUT2D eigenvalue weighted by Gasteiger charge is -2.07. The average Bonchev–Trinajstić information content (AvgIpc) is 2.56. The molecule has 0 spiro atoms. The quantitative estimate of drug-likeness (QED) is 0.247. The van der Waals surface area contributed by atoms with E-state index in [1.807, 2.05) is 6.08 Å². The minimum absolute atomic E-state index is 0.0102. The van der Waals surface area contributed by atoms with Gasteiger partial charge in [-0.05, 0) is 25.0 Å². The van der Waals surface area contributed by atoms with Crippen LogP contribution in [-0.4, -0.2) is 23.5 Å². The summed E-state index contributed by atoms with van der Waals surface area (Å²) in [4.78, 5) is 22.5. The van der Waals surface area contributed by atoms with Crippen LogP contribution in [0, 0.1) is 0 Å². The molecule has 0 aromatic carbocycles. The van der Waals surface area contributed by atoms with E-state index in [4.69, 9.17) is 0 Å². The van der Waals surface area contributed by atoms with Crippen molar-refractivity contribution in [1.82, 2.24) is 5.32 Å². The van der Waals surface area contributed by atoms with Crippen molar-refractivity contribution in [2.75, 3.05) is 6.54 Å². The van der Waals surface area contributed by atoms with Crippen molar-refractivity contribution >= 4 is 24.3 Å². The van der Waals surface area contributed by atoms with E-state index in [1.165, 1.54) is 64.7 Å². The van der Waals surface area contributed by atoms with Crippen molar-refractivity contribution < 1.29 is 9.59 Å². The normalized spacial score (nSPS) is 11.5. The Hall–Kier alpha value is -0.990. The molecule has 0 aliphatic carbocycles. The molecule has 4 heteroatoms. The number of thiol groups is 1. The van der Waals surface area contributed by atoms with Crippen LogP contribution in [0.3, 0.4) is 0 Å². The summed E-state index contributed by atoms with van der Waals surface area (Å²) in [5.41, 5.74) is 3.07. The van der Waals surface area contributed by atoms with Crippen LogP contribution in [0.2, 0.25) is 0 Å². The maximum absolute atomic E-state index is 11.7. The molecule has 1 N–H and O–H groups in total. The van der Waals surface area contributed by atoms with Crippen LogP contribution in [0.5, 0.6) is 0 Å². The molecule has 0 aliphatic heterocycles. The standard InChI is InChI=1S/C20H35NO2S/c1-3-4-5-6-7-8-9-10-11-12-13-14-15-16-19(23)20(24)17-21-18(2)22/h13,15,20,24H,3-12,16-17H2,1-2H3,(H,21,22)/t14?,20-/m0/s1. The number of rotatable bonds is 15. The second kappa shape index (κ2) is 16.9. The van der Waals surface area contributed by atoms with Crippen LogP contribution in [0.15, 0.2) is 17.9 Å². The summed E-state index contributed by atoms with van der Waals surface area (Å²) in [6, 6.07) is 0. The fraction of sp³-hybridized carbons (Fsp3) is 0.750. The molecule has 0 saturated carbocycles. The minimum atomic E-state index is -0.440. The van der Waals surface area contributed by atoms with Gasteiger partial charge in [0.15, 0.2) is 5.78 Å². The van der Waals surface area contributed by atoms with Gasteiger partial charge in [-0.1, -0.05) is 58.3 Å². The van der Waals surface area contributed by atoms with Gasteiger partial charge in [-0.25, -0.2) is 0 Å². The van der Waals surface area contributed by atoms with Gasteiger partial charge < -0.3 is 5.32 Å². The Labute approximate surface area is 153 Å². The molecule has 0 saturated heterocycles. The molecule has 138 valence electrons. The van der Waals surface area contributed by atoms with Crippen LogP contribution in [0.1, 0.15) is 84.5 Å². The lowest BCUT2D eigenvalue weighted by molar-refractivity contribution is -0.119. The molecule has 1 amide bonds. The molecule has 0 rings (SSSR count). The maximum atomic E-state index is 11.7. The summed E-state index contributed by atoms with van der Waals surface area (Å²) < 4.78 is 0. The number of Topliss-reactive ketones (excluding diaryl/α,β-unsaturated/α-hetero) is 1. The van der Waals surface area contributed by atoms with Crippen LogP contribution >= 0.6 is 12.6 Å². The van der Waals surface area contributed by atoms with Gasteiger partial charge >= 0.3 is 0 Å². The van der Waals surface area contributed by atoms with Crippen molar-refractivity contribution in [3.8, 4) is 0 Å². The smallest absolute Gasteiger partial charge is 0.216 e. The second-order valence-corrected chi connectivity index (χ2v) is 6.94. The first-order chi connectivity index (χ1) is 11.6. The van der Waals surface area contributed by atoms with Crippen LogP contribution in [0.25, 0.3) is 0 Å². The van der Waals surface area contributed by atoms with Gasteiger partial charge in [-0.15, -0.1) is 5.73 Å². The van der Waals surface area contributed by atoms with Crippen molar-refractivity contribution in [2.45, 2.75) is 89.7 Å². The number of carbonyl (C=O) groups is 2. The van der Waals surface area contributed by atoms with Crippen molar-refractivity contribution in [3.63, 3.8) is 0 Å². The first-order valence-corrected chi connectivity index (χ1v) is 9.94. The summed E-state index contributed by atoms with van der Waals surface area (Å²) in [7, 11) is 0. The van der Waals surface area contributed by atoms with Crippen LogP contribution < -0.4 is 5.32 Å². The van der Waals surface area contributed by atoms with Gasteiger partial charge in [-0.3, -0.25) is 9.59 Å². The van der Waals surface area contributed by atoms with Gasteiger partial charge in [0.1, 0.15) is 0 Å². The summed E-state index contributed by atoms with van der Waals surface area (Å²) in [6.07, 6.45) is 17.1. The fourth-order valence-electron chi connectivity index (χ4n) is 2.37. The minimum Gasteiger partial charge on any atom is -0.355 e. The number of allylic oxidation sites excluding steroid dienone is 1. The Bertz CT molecular complexity index is 400. The summed E-state index contributed by atoms with van der Waals surface area (Å²) in [6.45, 7) is 3.97. The Morgan fingerprint density at radius 1 is 1.00 bits per heavy atom. The monoisotopic (exact) mass is 353 g/mol. The van der Waals surface area contributed by atoms with Crippen molar-refractivity contribution in [2.24, 2.45) is 0 Å². The van der Waals surface area contributed by atoms with Crippen LogP contribution in [-0.2, 0) is 9.59 Å². The van der Waals surface area contributed by atoms with Gasteiger partial charge in [0, 0.05) is 19.9 Å². The zero-order valence-electron chi connectivity index (χ0n) is 15.5. The van der Waals surface area contributed by atoms with E-state index in [0.717, 1.165) is 6.42 Å². The number of hydrogen-bond donors (Lipinski definition) is 2. The predicted molar refractivity (Wildman–Crippen MR) is 106 cm³/mol. The second-order valence-electron chi connectivity index (χ2n) is 6.32. The lowest BCUT2D eigenvalue weighted by Crippen LogP contribution is -2.31. The first kappa shape index (κ1) is 23.0. The number of hydrogen-bond acceptors (Lipinski definition) is 3. The molecule has 0 aromatic rings. The number of nitrogens with one attached hydrogen (secondary N) is 1. The SMILES string of the molecule is CCCCCCCCCCCC=C=CCC(=O)[C@@H](S)CNC(C)=O. The predicted octanol–water partition coefficient (Wildman–Crippen LogP) is 5.01. The zero-order chi connectivity index (χ0) is 18.0. The van der Waals surface area contributed by atoms with Gasteiger partial charge in [0.25, 0.3) is 0 Å². The van der Waals surface area contributed by atoms with E-state index < -0.39 is 5.25 Å². The molecule has 0 aliphatic rings. The first-order valence-electron chi connectivity index (χ1n) is 9.42. The lowest BCUT2D eigenvalue weighted by atomic mass is 10.1. The molecule has 0 heterocycles. The molecule has 0 bridgehead atoms. The molecular formula is C20H35NO2S. The Kier molecular flexibility index (Phi) is 16.2. The number of amides is 1. The molecule has 3 nitrogen and oxygen atoms in total. The van der Waals surface area contributed by atoms with Gasteiger partial charge in [0.05, 0.1) is 5.25 Å². The van der Waals surface area contributed by atoms with Crippen LogP contribution in [0.4, 0.5) is 0 Å². The van der Waals surface area contributed by atoms with E-state index in [0.29, 0.717) is 6.42 Å². The number of ketones is 1. The molecule has 0 fully saturated rings. The van der Waals surface area contributed by atoms with Crippen molar-refractivity contribution in [3.05, 3.63) is 17.9 Å². The average molecular weight is 354 g/mol. The van der Waals surface area contributed by atoms with E-state index in [9.17, 15) is 9.59 Å². The van der Waals surface area contributed by atoms with E-state index in [-0.39, 0.29) is 18.2 Å². The molecule has 0 aromatic heterocycles. The largest absolute Gasteiger partial charge is 0.355 e. The highest BCUT2D eigenvalue weighted by molar-refractivity contribution is 7.81. The fourth-order valence-corrected chi connectivity index (χ4v) is 2.57. The highest BCUT2D eigenvalue weighted by atomic mass is 32.1. The third-order valence-electron chi connectivity index (χ3n) is 3.91. The third kappa shape index (κ3) is 15.9. The topological polar surface area (TPSA) is 46.2 Å². The summed E-state index contributed by atoms with van der Waals surface area (Å²) >= 11 is 4.20. The van der Waals surface area contributed by atoms with Gasteiger partial charge in [0.2, 0.25) is 5.91 Å². The Morgan fingerprint density at radius 2 is 1.58 bits per heavy atom. The highest BCUT2D eigenvalue weighted by Gasteiger charge is 2.12.